The molecule has 0 aliphatic heterocycles. The van der Waals surface area contributed by atoms with Crippen LogP contribution in [-0.2, 0) is 4.74 Å². The van der Waals surface area contributed by atoms with E-state index in [4.69, 9.17) is 4.74 Å². The number of halogens is 1. The van der Waals surface area contributed by atoms with Crippen LogP contribution in [0.15, 0.2) is 54.9 Å². The number of Topliss-reactive ketones (excluding diaryl/α,β-unsaturated/α-hetero) is 1. The van der Waals surface area contributed by atoms with Crippen LogP contribution in [0, 0.1) is 5.82 Å². The first-order valence-electron chi connectivity index (χ1n) is 7.26. The van der Waals surface area contributed by atoms with E-state index in [-0.39, 0.29) is 11.1 Å². The van der Waals surface area contributed by atoms with Gasteiger partial charge in [-0.25, -0.2) is 9.18 Å². The normalized spacial score (nSPS) is 11.9. The molecule has 3 rings (SSSR count). The molecule has 24 heavy (non-hydrogen) atoms. The minimum atomic E-state index is -0.986. The van der Waals surface area contributed by atoms with Crippen molar-refractivity contribution in [3.8, 4) is 0 Å². The first-order chi connectivity index (χ1) is 11.5. The molecule has 5 nitrogen and oxygen atoms in total. The summed E-state index contributed by atoms with van der Waals surface area (Å²) in [6, 6.07) is 9.86. The number of nitrogens with zero attached hydrogens (tertiary/aromatic N) is 2. The summed E-state index contributed by atoms with van der Waals surface area (Å²) < 4.78 is 18.1. The molecule has 0 aliphatic carbocycles. The van der Waals surface area contributed by atoms with Crippen LogP contribution in [0.5, 0.6) is 0 Å². The number of benzene rings is 2. The van der Waals surface area contributed by atoms with Gasteiger partial charge in [-0.2, -0.15) is 0 Å². The number of aromatic nitrogens is 2. The third-order valence-corrected chi connectivity index (χ3v) is 3.49. The zero-order valence-electron chi connectivity index (χ0n) is 12.8. The Balaban J connectivity index is 1.75. The molecule has 0 bridgehead atoms. The van der Waals surface area contributed by atoms with Crippen LogP contribution < -0.4 is 0 Å². The van der Waals surface area contributed by atoms with Gasteiger partial charge in [-0.15, -0.1) is 0 Å². The van der Waals surface area contributed by atoms with Crippen molar-refractivity contribution in [2.75, 3.05) is 0 Å². The van der Waals surface area contributed by atoms with Gasteiger partial charge < -0.3 is 4.74 Å². The molecule has 0 N–H and O–H groups in total. The zero-order chi connectivity index (χ0) is 17.1. The molecule has 0 amide bonds. The number of rotatable bonds is 4. The highest BCUT2D eigenvalue weighted by Crippen LogP contribution is 2.14. The Morgan fingerprint density at radius 2 is 1.58 bits per heavy atom. The third kappa shape index (κ3) is 3.27. The summed E-state index contributed by atoms with van der Waals surface area (Å²) in [7, 11) is 0. The van der Waals surface area contributed by atoms with Gasteiger partial charge >= 0.3 is 5.97 Å². The molecule has 1 heterocycles. The molecule has 0 aliphatic rings. The lowest BCUT2D eigenvalue weighted by Crippen LogP contribution is -2.24. The minimum absolute atomic E-state index is 0.279. The molecule has 6 heteroatoms. The molecular weight excluding hydrogens is 311 g/mol. The highest BCUT2D eigenvalue weighted by Gasteiger charge is 2.20. The SMILES string of the molecule is C[C@H](OC(=O)c1ccc2nccnc2c1)C(=O)c1ccc(F)cc1. The molecule has 1 atom stereocenters. The molecule has 0 spiro atoms. The van der Waals surface area contributed by atoms with E-state index < -0.39 is 23.7 Å². The van der Waals surface area contributed by atoms with Gasteiger partial charge in [-0.3, -0.25) is 14.8 Å². The Kier molecular flexibility index (Phi) is 4.29. The highest BCUT2D eigenvalue weighted by atomic mass is 19.1. The van der Waals surface area contributed by atoms with E-state index in [0.29, 0.717) is 11.0 Å². The maximum atomic E-state index is 12.9. The average molecular weight is 324 g/mol. The van der Waals surface area contributed by atoms with Gasteiger partial charge in [0.15, 0.2) is 6.10 Å². The number of fused-ring (bicyclic) bond motifs is 1. The van der Waals surface area contributed by atoms with Gasteiger partial charge in [0.25, 0.3) is 0 Å². The predicted octanol–water partition coefficient (Wildman–Crippen LogP) is 3.20. The van der Waals surface area contributed by atoms with Crippen molar-refractivity contribution >= 4 is 22.8 Å². The van der Waals surface area contributed by atoms with Gasteiger partial charge in [0.2, 0.25) is 5.78 Å². The summed E-state index contributed by atoms with van der Waals surface area (Å²) in [4.78, 5) is 32.7. The van der Waals surface area contributed by atoms with Crippen molar-refractivity contribution in [2.45, 2.75) is 13.0 Å². The summed E-state index contributed by atoms with van der Waals surface area (Å²) in [6.45, 7) is 1.48. The van der Waals surface area contributed by atoms with E-state index >= 15 is 0 Å². The van der Waals surface area contributed by atoms with Crippen LogP contribution in [-0.4, -0.2) is 27.8 Å². The first kappa shape index (κ1) is 15.7. The number of hydrogen-bond acceptors (Lipinski definition) is 5. The molecule has 0 radical (unpaired) electrons. The average Bonchev–Trinajstić information content (AvgIpc) is 2.61. The second-order valence-corrected chi connectivity index (χ2v) is 5.18. The van der Waals surface area contributed by atoms with Crippen molar-refractivity contribution < 1.29 is 18.7 Å². The third-order valence-electron chi connectivity index (χ3n) is 3.49. The second kappa shape index (κ2) is 6.54. The van der Waals surface area contributed by atoms with Gasteiger partial charge in [0, 0.05) is 18.0 Å². The number of carbonyl (C=O) groups excluding carboxylic acids is 2. The van der Waals surface area contributed by atoms with Crippen molar-refractivity contribution in [2.24, 2.45) is 0 Å². The zero-order valence-corrected chi connectivity index (χ0v) is 12.8. The molecule has 120 valence electrons. The Morgan fingerprint density at radius 3 is 2.29 bits per heavy atom. The number of hydrogen-bond donors (Lipinski definition) is 0. The largest absolute Gasteiger partial charge is 0.451 e. The Labute approximate surface area is 137 Å². The van der Waals surface area contributed by atoms with Crippen LogP contribution in [0.25, 0.3) is 11.0 Å². The fourth-order valence-electron chi connectivity index (χ4n) is 2.22. The molecule has 0 unspecified atom stereocenters. The number of ketones is 1. The van der Waals surface area contributed by atoms with Crippen LogP contribution in [0.4, 0.5) is 4.39 Å². The monoisotopic (exact) mass is 324 g/mol. The molecule has 2 aromatic carbocycles. The minimum Gasteiger partial charge on any atom is -0.451 e. The van der Waals surface area contributed by atoms with E-state index in [1.54, 1.807) is 24.4 Å². The summed E-state index contributed by atoms with van der Waals surface area (Å²) in [5, 5.41) is 0. The van der Waals surface area contributed by atoms with Crippen LogP contribution >= 0.6 is 0 Å². The molecule has 3 aromatic rings. The number of esters is 1. The smallest absolute Gasteiger partial charge is 0.338 e. The molecular formula is C18H13FN2O3. The first-order valence-corrected chi connectivity index (χ1v) is 7.26. The summed E-state index contributed by atoms with van der Waals surface area (Å²) >= 11 is 0. The highest BCUT2D eigenvalue weighted by molar-refractivity contribution is 6.01. The van der Waals surface area contributed by atoms with E-state index in [0.717, 1.165) is 0 Å². The summed E-state index contributed by atoms with van der Waals surface area (Å²) in [6.07, 6.45) is 2.10. The lowest BCUT2D eigenvalue weighted by molar-refractivity contribution is 0.0319. The lowest BCUT2D eigenvalue weighted by atomic mass is 10.1. The molecule has 0 saturated heterocycles. The van der Waals surface area contributed by atoms with Gasteiger partial charge in [0.1, 0.15) is 5.82 Å². The van der Waals surface area contributed by atoms with Crippen molar-refractivity contribution in [1.29, 1.82) is 0 Å². The predicted molar refractivity (Wildman–Crippen MR) is 85.1 cm³/mol. The molecule has 1 aromatic heterocycles. The van der Waals surface area contributed by atoms with E-state index in [9.17, 15) is 14.0 Å². The number of carbonyl (C=O) groups is 2. The Bertz CT molecular complexity index is 910. The fourth-order valence-corrected chi connectivity index (χ4v) is 2.22. The van der Waals surface area contributed by atoms with Gasteiger partial charge in [-0.05, 0) is 49.4 Å². The molecule has 0 saturated carbocycles. The standard InChI is InChI=1S/C18H13FN2O3/c1-11(17(22)12-2-5-14(19)6-3-12)24-18(23)13-4-7-15-16(10-13)21-9-8-20-15/h2-11H,1H3/t11-/m0/s1. The Hall–Kier alpha value is -3.15. The maximum absolute atomic E-state index is 12.9. The van der Waals surface area contributed by atoms with Gasteiger partial charge in [0.05, 0.1) is 16.6 Å². The lowest BCUT2D eigenvalue weighted by Gasteiger charge is -2.12. The van der Waals surface area contributed by atoms with Crippen molar-refractivity contribution in [1.82, 2.24) is 9.97 Å². The van der Waals surface area contributed by atoms with E-state index in [1.807, 2.05) is 0 Å². The quantitative estimate of drug-likeness (QED) is 0.544. The molecule has 0 fully saturated rings. The topological polar surface area (TPSA) is 69.2 Å². The van der Waals surface area contributed by atoms with Crippen LogP contribution in [0.1, 0.15) is 27.6 Å². The van der Waals surface area contributed by atoms with Crippen molar-refractivity contribution in [3.63, 3.8) is 0 Å². The Morgan fingerprint density at radius 1 is 0.958 bits per heavy atom. The van der Waals surface area contributed by atoms with Gasteiger partial charge in [-0.1, -0.05) is 0 Å². The maximum Gasteiger partial charge on any atom is 0.338 e. The second-order valence-electron chi connectivity index (χ2n) is 5.18. The van der Waals surface area contributed by atoms with E-state index in [2.05, 4.69) is 9.97 Å². The van der Waals surface area contributed by atoms with E-state index in [1.165, 1.54) is 37.4 Å². The summed E-state index contributed by atoms with van der Waals surface area (Å²) in [5.41, 5.74) is 1.77. The van der Waals surface area contributed by atoms with Crippen LogP contribution in [0.3, 0.4) is 0 Å². The number of ether oxygens (including phenoxy) is 1. The fraction of sp³-hybridized carbons (Fsp3) is 0.111. The summed E-state index contributed by atoms with van der Waals surface area (Å²) in [5.74, 6) is -1.47. The van der Waals surface area contributed by atoms with Crippen molar-refractivity contribution in [3.05, 3.63) is 71.8 Å². The van der Waals surface area contributed by atoms with Crippen LogP contribution in [0.2, 0.25) is 0 Å².